The van der Waals surface area contributed by atoms with Crippen molar-refractivity contribution in [2.24, 2.45) is 0 Å². The Morgan fingerprint density at radius 3 is 2.79 bits per heavy atom. The summed E-state index contributed by atoms with van der Waals surface area (Å²) < 4.78 is 17.1. The fourth-order valence-corrected chi connectivity index (χ4v) is 1.05. The van der Waals surface area contributed by atoms with Crippen molar-refractivity contribution < 1.29 is 13.9 Å². The van der Waals surface area contributed by atoms with Crippen LogP contribution in [0.25, 0.3) is 6.08 Å². The molecule has 0 aromatic heterocycles. The van der Waals surface area contributed by atoms with Crippen molar-refractivity contribution in [3.05, 3.63) is 41.2 Å². The van der Waals surface area contributed by atoms with Gasteiger partial charge in [0, 0.05) is 6.08 Å². The van der Waals surface area contributed by atoms with Gasteiger partial charge in [-0.15, -0.1) is 0 Å². The van der Waals surface area contributed by atoms with Crippen molar-refractivity contribution in [2.45, 2.75) is 6.92 Å². The van der Waals surface area contributed by atoms with Gasteiger partial charge in [0.2, 0.25) is 0 Å². The Bertz CT molecular complexity index is 370. The second-order valence-corrected chi connectivity index (χ2v) is 2.86. The Morgan fingerprint density at radius 2 is 2.21 bits per heavy atom. The highest BCUT2D eigenvalue weighted by Crippen LogP contribution is 2.11. The number of rotatable bonds is 2. The molecule has 0 amide bonds. The number of aryl methyl sites for hydroxylation is 1. The first-order valence-electron chi connectivity index (χ1n) is 4.15. The molecule has 3 heteroatoms. The average molecular weight is 194 g/mol. The van der Waals surface area contributed by atoms with Gasteiger partial charge in [0.05, 0.1) is 7.11 Å². The number of esters is 1. The molecule has 1 aromatic rings. The fraction of sp³-hybridized carbons (Fsp3) is 0.182. The molecule has 0 N–H and O–H groups in total. The number of carbonyl (C=O) groups excluding carboxylic acids is 1. The zero-order valence-electron chi connectivity index (χ0n) is 8.08. The summed E-state index contributed by atoms with van der Waals surface area (Å²) in [4.78, 5) is 10.8. The average Bonchev–Trinajstić information content (AvgIpc) is 2.16. The van der Waals surface area contributed by atoms with Gasteiger partial charge in [-0.2, -0.15) is 0 Å². The summed E-state index contributed by atoms with van der Waals surface area (Å²) in [5, 5.41) is 0. The number of hydrogen-bond acceptors (Lipinski definition) is 2. The first-order chi connectivity index (χ1) is 6.63. The van der Waals surface area contributed by atoms with Crippen LogP contribution in [0.4, 0.5) is 4.39 Å². The molecule has 0 bridgehead atoms. The number of ether oxygens (including phenoxy) is 1. The minimum atomic E-state index is -0.422. The van der Waals surface area contributed by atoms with Gasteiger partial charge >= 0.3 is 5.97 Å². The summed E-state index contributed by atoms with van der Waals surface area (Å²) in [5.41, 5.74) is 1.59. The molecule has 0 fully saturated rings. The van der Waals surface area contributed by atoms with Gasteiger partial charge in [-0.1, -0.05) is 6.07 Å². The van der Waals surface area contributed by atoms with Crippen LogP contribution in [0.15, 0.2) is 24.3 Å². The van der Waals surface area contributed by atoms with E-state index in [4.69, 9.17) is 0 Å². The summed E-state index contributed by atoms with van der Waals surface area (Å²) in [6.45, 7) is 1.78. The summed E-state index contributed by atoms with van der Waals surface area (Å²) in [5.74, 6) is -0.702. The molecular weight excluding hydrogens is 183 g/mol. The van der Waals surface area contributed by atoms with Crippen molar-refractivity contribution in [1.29, 1.82) is 0 Å². The largest absolute Gasteiger partial charge is 0.466 e. The maximum Gasteiger partial charge on any atom is 0.330 e. The van der Waals surface area contributed by atoms with Crippen LogP contribution in [0, 0.1) is 12.7 Å². The normalized spacial score (nSPS) is 10.5. The molecule has 14 heavy (non-hydrogen) atoms. The van der Waals surface area contributed by atoms with E-state index in [9.17, 15) is 9.18 Å². The van der Waals surface area contributed by atoms with Crippen LogP contribution in [0.5, 0.6) is 0 Å². The van der Waals surface area contributed by atoms with Crippen LogP contribution < -0.4 is 0 Å². The van der Waals surface area contributed by atoms with Gasteiger partial charge < -0.3 is 4.74 Å². The smallest absolute Gasteiger partial charge is 0.330 e. The topological polar surface area (TPSA) is 26.3 Å². The van der Waals surface area contributed by atoms with Crippen molar-refractivity contribution in [2.75, 3.05) is 7.11 Å². The molecule has 2 nitrogen and oxygen atoms in total. The number of benzene rings is 1. The summed E-state index contributed by atoms with van der Waals surface area (Å²) in [6, 6.07) is 4.38. The van der Waals surface area contributed by atoms with E-state index in [1.54, 1.807) is 19.1 Å². The number of hydrogen-bond donors (Lipinski definition) is 0. The SMILES string of the molecule is COC(=O)C=Cc1ccc(F)cc1C. The molecule has 1 aromatic carbocycles. The van der Waals surface area contributed by atoms with Gasteiger partial charge in [-0.25, -0.2) is 9.18 Å². The van der Waals surface area contributed by atoms with Crippen LogP contribution in [-0.2, 0) is 9.53 Å². The highest BCUT2D eigenvalue weighted by atomic mass is 19.1. The van der Waals surface area contributed by atoms with E-state index in [1.807, 2.05) is 0 Å². The lowest BCUT2D eigenvalue weighted by Crippen LogP contribution is -1.93. The molecule has 0 spiro atoms. The quantitative estimate of drug-likeness (QED) is 0.533. The summed E-state index contributed by atoms with van der Waals surface area (Å²) >= 11 is 0. The first kappa shape index (κ1) is 10.4. The summed E-state index contributed by atoms with van der Waals surface area (Å²) in [6.07, 6.45) is 2.90. The van der Waals surface area contributed by atoms with E-state index < -0.39 is 5.97 Å². The van der Waals surface area contributed by atoms with Crippen molar-refractivity contribution in [3.8, 4) is 0 Å². The van der Waals surface area contributed by atoms with Crippen LogP contribution in [0.1, 0.15) is 11.1 Å². The van der Waals surface area contributed by atoms with Crippen LogP contribution >= 0.6 is 0 Å². The zero-order chi connectivity index (χ0) is 10.6. The number of halogens is 1. The standard InChI is InChI=1S/C11H11FO2/c1-8-7-10(12)5-3-9(8)4-6-11(13)14-2/h3-7H,1-2H3. The minimum Gasteiger partial charge on any atom is -0.466 e. The molecule has 1 rings (SSSR count). The Morgan fingerprint density at radius 1 is 1.50 bits per heavy atom. The molecular formula is C11H11FO2. The molecule has 0 aliphatic rings. The maximum absolute atomic E-state index is 12.7. The molecule has 0 atom stereocenters. The van der Waals surface area contributed by atoms with Gasteiger partial charge in [0.1, 0.15) is 5.82 Å². The van der Waals surface area contributed by atoms with E-state index in [-0.39, 0.29) is 5.82 Å². The molecule has 0 heterocycles. The Labute approximate surface area is 82.0 Å². The zero-order valence-corrected chi connectivity index (χ0v) is 8.08. The highest BCUT2D eigenvalue weighted by Gasteiger charge is 1.97. The third kappa shape index (κ3) is 2.69. The lowest BCUT2D eigenvalue weighted by molar-refractivity contribution is -0.134. The Kier molecular flexibility index (Phi) is 3.40. The van der Waals surface area contributed by atoms with E-state index in [1.165, 1.54) is 25.3 Å². The van der Waals surface area contributed by atoms with Crippen molar-refractivity contribution in [1.82, 2.24) is 0 Å². The monoisotopic (exact) mass is 194 g/mol. The molecule has 0 saturated carbocycles. The first-order valence-corrected chi connectivity index (χ1v) is 4.15. The van der Waals surface area contributed by atoms with Crippen molar-refractivity contribution >= 4 is 12.0 Å². The lowest BCUT2D eigenvalue weighted by atomic mass is 10.1. The van der Waals surface area contributed by atoms with Gasteiger partial charge in [-0.3, -0.25) is 0 Å². The van der Waals surface area contributed by atoms with E-state index >= 15 is 0 Å². The number of methoxy groups -OCH3 is 1. The molecule has 0 aliphatic heterocycles. The van der Waals surface area contributed by atoms with E-state index in [0.29, 0.717) is 0 Å². The van der Waals surface area contributed by atoms with Gasteiger partial charge in [0.25, 0.3) is 0 Å². The van der Waals surface area contributed by atoms with Gasteiger partial charge in [0.15, 0.2) is 0 Å². The maximum atomic E-state index is 12.7. The van der Waals surface area contributed by atoms with Crippen LogP contribution in [-0.4, -0.2) is 13.1 Å². The fourth-order valence-electron chi connectivity index (χ4n) is 1.05. The minimum absolute atomic E-state index is 0.280. The molecule has 0 radical (unpaired) electrons. The Hall–Kier alpha value is -1.64. The molecule has 74 valence electrons. The second kappa shape index (κ2) is 4.56. The van der Waals surface area contributed by atoms with Gasteiger partial charge in [-0.05, 0) is 36.3 Å². The third-order valence-electron chi connectivity index (χ3n) is 1.83. The number of carbonyl (C=O) groups is 1. The highest BCUT2D eigenvalue weighted by molar-refractivity contribution is 5.87. The Balaban J connectivity index is 2.87. The van der Waals surface area contributed by atoms with E-state index in [0.717, 1.165) is 11.1 Å². The predicted molar refractivity (Wildman–Crippen MR) is 52.2 cm³/mol. The molecule has 0 unspecified atom stereocenters. The van der Waals surface area contributed by atoms with E-state index in [2.05, 4.69) is 4.74 Å². The van der Waals surface area contributed by atoms with Crippen LogP contribution in [0.2, 0.25) is 0 Å². The summed E-state index contributed by atoms with van der Waals surface area (Å²) in [7, 11) is 1.31. The molecule has 0 aliphatic carbocycles. The van der Waals surface area contributed by atoms with Crippen molar-refractivity contribution in [3.63, 3.8) is 0 Å². The predicted octanol–water partition coefficient (Wildman–Crippen LogP) is 2.32. The molecule has 0 saturated heterocycles. The third-order valence-corrected chi connectivity index (χ3v) is 1.83. The van der Waals surface area contributed by atoms with Crippen LogP contribution in [0.3, 0.4) is 0 Å². The second-order valence-electron chi connectivity index (χ2n) is 2.86. The lowest BCUT2D eigenvalue weighted by Gasteiger charge is -1.99.